The Hall–Kier alpha value is -3.12. The summed E-state index contributed by atoms with van der Waals surface area (Å²) < 4.78 is 27.2. The van der Waals surface area contributed by atoms with Crippen molar-refractivity contribution in [3.05, 3.63) is 35.9 Å². The summed E-state index contributed by atoms with van der Waals surface area (Å²) in [5.74, 6) is -2.74. The second kappa shape index (κ2) is 13.7. The van der Waals surface area contributed by atoms with Crippen LogP contribution in [0.5, 0.6) is 0 Å². The summed E-state index contributed by atoms with van der Waals surface area (Å²) in [4.78, 5) is 47.0. The van der Waals surface area contributed by atoms with Gasteiger partial charge in [-0.05, 0) is 12.0 Å². The van der Waals surface area contributed by atoms with E-state index in [1.807, 2.05) is 30.3 Å². The molecule has 0 radical (unpaired) electrons. The number of rotatable bonds is 9. The Kier molecular flexibility index (Phi) is 11.0. The minimum Gasteiger partial charge on any atom is -0.463 e. The summed E-state index contributed by atoms with van der Waals surface area (Å²) in [6.07, 6.45) is -3.92. The fraction of sp³-hybridized carbons (Fsp3) is 0.522. The van der Waals surface area contributed by atoms with E-state index in [-0.39, 0.29) is 11.7 Å². The fourth-order valence-electron chi connectivity index (χ4n) is 3.45. The molecule has 35 heavy (non-hydrogen) atoms. The van der Waals surface area contributed by atoms with Crippen molar-refractivity contribution < 1.29 is 48.1 Å². The van der Waals surface area contributed by atoms with Crippen LogP contribution in [-0.4, -0.2) is 70.6 Å². The van der Waals surface area contributed by atoms with Gasteiger partial charge in [-0.15, -0.1) is 0 Å². The molecule has 0 saturated carbocycles. The zero-order valence-electron chi connectivity index (χ0n) is 19.9. The lowest BCUT2D eigenvalue weighted by Crippen LogP contribution is -2.61. The predicted octanol–water partition coefficient (Wildman–Crippen LogP) is 2.22. The lowest BCUT2D eigenvalue weighted by Gasteiger charge is -2.44. The van der Waals surface area contributed by atoms with Gasteiger partial charge in [0.2, 0.25) is 0 Å². The van der Waals surface area contributed by atoms with E-state index >= 15 is 0 Å². The van der Waals surface area contributed by atoms with Crippen LogP contribution in [0, 0.1) is 0 Å². The third-order valence-electron chi connectivity index (χ3n) is 4.78. The van der Waals surface area contributed by atoms with E-state index in [2.05, 4.69) is 5.16 Å². The summed E-state index contributed by atoms with van der Waals surface area (Å²) in [6, 6.07) is 9.51. The van der Waals surface area contributed by atoms with Crippen LogP contribution in [0.4, 0.5) is 0 Å². The quantitative estimate of drug-likeness (QED) is 0.130. The van der Waals surface area contributed by atoms with E-state index in [0.29, 0.717) is 12.8 Å². The van der Waals surface area contributed by atoms with Crippen molar-refractivity contribution in [1.29, 1.82) is 0 Å². The first kappa shape index (κ1) is 28.1. The molecule has 0 spiro atoms. The van der Waals surface area contributed by atoms with Crippen molar-refractivity contribution in [2.24, 2.45) is 5.16 Å². The maximum Gasteiger partial charge on any atom is 0.303 e. The predicted molar refractivity (Wildman–Crippen MR) is 124 cm³/mol. The first-order chi connectivity index (χ1) is 16.6. The summed E-state index contributed by atoms with van der Waals surface area (Å²) in [5.41, 5.74) is -0.0342. The molecule has 1 N–H and O–H groups in total. The maximum absolute atomic E-state index is 11.9. The van der Waals surface area contributed by atoms with Gasteiger partial charge in [-0.3, -0.25) is 19.2 Å². The highest BCUT2D eigenvalue weighted by atomic mass is 32.2. The van der Waals surface area contributed by atoms with Crippen LogP contribution < -0.4 is 0 Å². The molecule has 1 aliphatic rings. The number of carbonyl (C=O) groups excluding carboxylic acids is 4. The first-order valence-corrected chi connectivity index (χ1v) is 11.7. The molecule has 1 aliphatic heterocycles. The molecule has 0 unspecified atom stereocenters. The number of hydrogen-bond donors (Lipinski definition) is 1. The largest absolute Gasteiger partial charge is 0.463 e. The fourth-order valence-corrected chi connectivity index (χ4v) is 4.52. The van der Waals surface area contributed by atoms with E-state index in [1.54, 1.807) is 0 Å². The molecule has 1 saturated heterocycles. The van der Waals surface area contributed by atoms with Crippen molar-refractivity contribution in [1.82, 2.24) is 0 Å². The van der Waals surface area contributed by atoms with E-state index in [4.69, 9.17) is 23.7 Å². The van der Waals surface area contributed by atoms with Crippen LogP contribution in [0.25, 0.3) is 0 Å². The van der Waals surface area contributed by atoms with Crippen LogP contribution in [0.1, 0.15) is 39.7 Å². The molecule has 12 heteroatoms. The molecule has 1 aromatic rings. The molecule has 0 aliphatic carbocycles. The Labute approximate surface area is 207 Å². The van der Waals surface area contributed by atoms with Gasteiger partial charge in [0.25, 0.3) is 0 Å². The van der Waals surface area contributed by atoms with Gasteiger partial charge in [-0.1, -0.05) is 47.2 Å². The molecule has 0 bridgehead atoms. The van der Waals surface area contributed by atoms with Crippen molar-refractivity contribution in [3.8, 4) is 0 Å². The van der Waals surface area contributed by atoms with Gasteiger partial charge in [0.1, 0.15) is 23.2 Å². The van der Waals surface area contributed by atoms with E-state index in [9.17, 15) is 24.4 Å². The molecule has 1 aromatic carbocycles. The molecule has 0 amide bonds. The third-order valence-corrected chi connectivity index (χ3v) is 5.95. The normalized spacial score (nSPS) is 24.2. The highest BCUT2D eigenvalue weighted by Gasteiger charge is 2.52. The van der Waals surface area contributed by atoms with Gasteiger partial charge in [-0.2, -0.15) is 0 Å². The number of aryl methyl sites for hydroxylation is 1. The van der Waals surface area contributed by atoms with Crippen LogP contribution >= 0.6 is 11.8 Å². The summed E-state index contributed by atoms with van der Waals surface area (Å²) in [6.45, 7) is 4.32. The lowest BCUT2D eigenvalue weighted by atomic mass is 9.99. The summed E-state index contributed by atoms with van der Waals surface area (Å²) in [5, 5.41) is 13.2. The van der Waals surface area contributed by atoms with Crippen molar-refractivity contribution in [2.75, 3.05) is 6.61 Å². The van der Waals surface area contributed by atoms with Crippen LogP contribution in [0.3, 0.4) is 0 Å². The molecular formula is C23H29NO10S. The Morgan fingerprint density at radius 3 is 2.00 bits per heavy atom. The van der Waals surface area contributed by atoms with Gasteiger partial charge in [0.15, 0.2) is 18.3 Å². The van der Waals surface area contributed by atoms with Crippen LogP contribution in [0.2, 0.25) is 0 Å². The Morgan fingerprint density at radius 1 is 0.886 bits per heavy atom. The second-order valence-corrected chi connectivity index (χ2v) is 8.84. The monoisotopic (exact) mass is 511 g/mol. The number of nitrogens with zero attached hydrogens (tertiary/aromatic N) is 1. The lowest BCUT2D eigenvalue weighted by molar-refractivity contribution is -0.237. The smallest absolute Gasteiger partial charge is 0.303 e. The van der Waals surface area contributed by atoms with Crippen molar-refractivity contribution in [2.45, 2.75) is 70.4 Å². The first-order valence-electron chi connectivity index (χ1n) is 10.8. The highest BCUT2D eigenvalue weighted by Crippen LogP contribution is 2.35. The highest BCUT2D eigenvalue weighted by molar-refractivity contribution is 8.14. The Bertz CT molecular complexity index is 922. The average molecular weight is 512 g/mol. The van der Waals surface area contributed by atoms with Crippen molar-refractivity contribution >= 4 is 40.7 Å². The molecule has 1 heterocycles. The van der Waals surface area contributed by atoms with E-state index in [1.165, 1.54) is 6.92 Å². The number of thioether (sulfide) groups is 1. The number of hydrogen-bond acceptors (Lipinski definition) is 12. The minimum atomic E-state index is -1.28. The summed E-state index contributed by atoms with van der Waals surface area (Å²) >= 11 is 0.953. The average Bonchev–Trinajstić information content (AvgIpc) is 2.78. The summed E-state index contributed by atoms with van der Waals surface area (Å²) in [7, 11) is 0. The molecule has 2 rings (SSSR count). The van der Waals surface area contributed by atoms with Gasteiger partial charge in [0.05, 0.1) is 0 Å². The molecule has 192 valence electrons. The second-order valence-electron chi connectivity index (χ2n) is 7.66. The van der Waals surface area contributed by atoms with Gasteiger partial charge >= 0.3 is 23.9 Å². The van der Waals surface area contributed by atoms with Gasteiger partial charge in [-0.25, -0.2) is 0 Å². The van der Waals surface area contributed by atoms with E-state index < -0.39 is 53.7 Å². The Balaban J connectivity index is 2.34. The minimum absolute atomic E-state index is 0.259. The molecule has 11 nitrogen and oxygen atoms in total. The van der Waals surface area contributed by atoms with Crippen LogP contribution in [-0.2, 0) is 49.3 Å². The number of carbonyl (C=O) groups is 4. The Morgan fingerprint density at radius 2 is 1.46 bits per heavy atom. The number of benzene rings is 1. The van der Waals surface area contributed by atoms with Gasteiger partial charge < -0.3 is 28.9 Å². The topological polar surface area (TPSA) is 147 Å². The number of ether oxygens (including phenoxy) is 5. The third kappa shape index (κ3) is 9.21. The maximum atomic E-state index is 11.9. The zero-order chi connectivity index (χ0) is 26.0. The molecule has 1 fully saturated rings. The zero-order valence-corrected chi connectivity index (χ0v) is 20.7. The molecule has 0 aromatic heterocycles. The standard InChI is InChI=1S/C23H29NO10S/c1-13(25)30-12-18-20(31-14(2)26)21(32-15(3)27)22(33-16(4)28)23(34-18)35-19(24-29)11-10-17-8-6-5-7-9-17/h5-9,18,20-23,29H,10-12H2,1-4H3/b24-19-/t18-,20-,21+,22-,23+/m1/s1. The van der Waals surface area contributed by atoms with Gasteiger partial charge in [0, 0.05) is 34.1 Å². The molecular weight excluding hydrogens is 482 g/mol. The number of oxime groups is 1. The SMILES string of the molecule is CC(=O)OC[C@H]1O[C@@H](S/C(CCc2ccccc2)=N\O)[C@H](OC(C)=O)[C@@H](OC(C)=O)[C@@H]1OC(C)=O. The van der Waals surface area contributed by atoms with Crippen molar-refractivity contribution in [3.63, 3.8) is 0 Å². The van der Waals surface area contributed by atoms with E-state index in [0.717, 1.165) is 38.1 Å². The van der Waals surface area contributed by atoms with Crippen LogP contribution in [0.15, 0.2) is 35.5 Å². The molecule has 5 atom stereocenters. The number of esters is 4.